The Balaban J connectivity index is 0.927. The maximum Gasteiger partial charge on any atom is 0.423 e. The monoisotopic (exact) mass is 746 g/mol. The molecule has 0 spiro atoms. The number of carbonyl (C=O) groups is 3. The third-order valence-electron chi connectivity index (χ3n) is 9.16. The van der Waals surface area contributed by atoms with Crippen LogP contribution in [0.5, 0.6) is 17.4 Å². The summed E-state index contributed by atoms with van der Waals surface area (Å²) in [4.78, 5) is 46.1. The number of nitrogens with one attached hydrogen (secondary N) is 5. The molecule has 3 amide bonds. The van der Waals surface area contributed by atoms with Crippen molar-refractivity contribution in [2.75, 3.05) is 55.8 Å². The lowest BCUT2D eigenvalue weighted by atomic mass is 9.89. The van der Waals surface area contributed by atoms with Crippen LogP contribution in [0.25, 0.3) is 0 Å². The van der Waals surface area contributed by atoms with Crippen LogP contribution in [-0.2, 0) is 20.6 Å². The van der Waals surface area contributed by atoms with Gasteiger partial charge in [0.1, 0.15) is 23.1 Å². The number of methoxy groups -OCH3 is 1. The Morgan fingerprint density at radius 2 is 1.70 bits per heavy atom. The molecule has 2 aliphatic heterocycles. The Morgan fingerprint density at radius 3 is 2.41 bits per heavy atom. The number of nitrogens with zero attached hydrogens (tertiary/aromatic N) is 3. The Bertz CT molecular complexity index is 1920. The number of likely N-dealkylation sites (tertiary alicyclic amines) is 1. The van der Waals surface area contributed by atoms with Crippen molar-refractivity contribution in [1.82, 2.24) is 25.5 Å². The van der Waals surface area contributed by atoms with Gasteiger partial charge in [0.25, 0.3) is 0 Å². The van der Waals surface area contributed by atoms with Gasteiger partial charge in [-0.2, -0.15) is 18.2 Å². The van der Waals surface area contributed by atoms with Crippen LogP contribution >= 0.6 is 0 Å². The van der Waals surface area contributed by atoms with Gasteiger partial charge in [-0.3, -0.25) is 24.6 Å². The van der Waals surface area contributed by atoms with Gasteiger partial charge in [0.15, 0.2) is 0 Å². The number of piperidine rings is 2. The molecule has 1 unspecified atom stereocenters. The van der Waals surface area contributed by atoms with E-state index in [0.29, 0.717) is 61.7 Å². The predicted octanol–water partition coefficient (Wildman–Crippen LogP) is 5.66. The van der Waals surface area contributed by atoms with Crippen LogP contribution in [0.3, 0.4) is 0 Å². The summed E-state index contributed by atoms with van der Waals surface area (Å²) in [5.74, 6) is -0.394. The first-order valence-corrected chi connectivity index (χ1v) is 17.6. The van der Waals surface area contributed by atoms with Crippen LogP contribution in [0.4, 0.5) is 36.2 Å². The third kappa shape index (κ3) is 10.2. The summed E-state index contributed by atoms with van der Waals surface area (Å²) in [6, 6.07) is 20.8. The van der Waals surface area contributed by atoms with E-state index in [2.05, 4.69) is 53.6 Å². The molecule has 1 aromatic heterocycles. The lowest BCUT2D eigenvalue weighted by Crippen LogP contribution is -2.47. The van der Waals surface area contributed by atoms with Crippen molar-refractivity contribution in [2.24, 2.45) is 0 Å². The van der Waals surface area contributed by atoms with Crippen LogP contribution in [0.1, 0.15) is 42.7 Å². The number of imide groups is 1. The number of alkyl halides is 3. The van der Waals surface area contributed by atoms with Gasteiger partial charge >= 0.3 is 6.18 Å². The number of amides is 3. The average molecular weight is 747 g/mol. The number of halogens is 3. The first-order chi connectivity index (χ1) is 26.0. The van der Waals surface area contributed by atoms with Crippen LogP contribution in [-0.4, -0.2) is 78.5 Å². The second-order valence-electron chi connectivity index (χ2n) is 13.0. The van der Waals surface area contributed by atoms with Crippen molar-refractivity contribution in [1.29, 1.82) is 0 Å². The van der Waals surface area contributed by atoms with E-state index in [0.717, 1.165) is 31.6 Å². The highest BCUT2D eigenvalue weighted by Gasteiger charge is 2.36. The molecular formula is C38H41F3N8O5. The SMILES string of the molecule is COc1cc(NCCNC(=O)CN2CCC(c3ccc(NC4CCC(=O)NC4=O)cc3)CC2)ccc1Nc1ncc(C(F)(F)F)c(Oc2ccccc2)n1. The van der Waals surface area contributed by atoms with Gasteiger partial charge in [0, 0.05) is 43.1 Å². The largest absolute Gasteiger partial charge is 0.494 e. The number of anilines is 4. The van der Waals surface area contributed by atoms with E-state index in [1.807, 2.05) is 12.1 Å². The minimum absolute atomic E-state index is 0.0663. The molecule has 284 valence electrons. The lowest BCUT2D eigenvalue weighted by molar-refractivity contribution is -0.139. The highest BCUT2D eigenvalue weighted by atomic mass is 19.4. The van der Waals surface area contributed by atoms with Crippen molar-refractivity contribution in [3.05, 3.63) is 90.1 Å². The molecule has 13 nitrogen and oxygen atoms in total. The number of hydrogen-bond donors (Lipinski definition) is 5. The topological polar surface area (TPSA) is 159 Å². The maximum absolute atomic E-state index is 13.6. The molecule has 3 aromatic carbocycles. The van der Waals surface area contributed by atoms with Gasteiger partial charge < -0.3 is 30.7 Å². The van der Waals surface area contributed by atoms with Crippen LogP contribution in [0, 0.1) is 0 Å². The molecule has 2 fully saturated rings. The highest BCUT2D eigenvalue weighted by Crippen LogP contribution is 2.38. The lowest BCUT2D eigenvalue weighted by Gasteiger charge is -2.31. The summed E-state index contributed by atoms with van der Waals surface area (Å²) in [7, 11) is 1.46. The molecular weight excluding hydrogens is 705 g/mol. The fourth-order valence-electron chi connectivity index (χ4n) is 6.30. The van der Waals surface area contributed by atoms with E-state index in [1.165, 1.54) is 24.8 Å². The fourth-order valence-corrected chi connectivity index (χ4v) is 6.30. The second kappa shape index (κ2) is 17.3. The quantitative estimate of drug-likeness (QED) is 0.0801. The summed E-state index contributed by atoms with van der Waals surface area (Å²) in [6.45, 7) is 2.73. The number of para-hydroxylation sites is 1. The minimum atomic E-state index is -4.72. The first kappa shape index (κ1) is 37.8. The first-order valence-electron chi connectivity index (χ1n) is 17.6. The van der Waals surface area contributed by atoms with Gasteiger partial charge in [0.05, 0.1) is 19.3 Å². The molecule has 0 aliphatic carbocycles. The van der Waals surface area contributed by atoms with Gasteiger partial charge in [0.2, 0.25) is 29.5 Å². The van der Waals surface area contributed by atoms with Crippen molar-refractivity contribution < 1.29 is 37.0 Å². The number of hydrogen-bond acceptors (Lipinski definition) is 11. The van der Waals surface area contributed by atoms with Crippen molar-refractivity contribution in [3.8, 4) is 17.4 Å². The molecule has 2 saturated heterocycles. The maximum atomic E-state index is 13.6. The zero-order valence-electron chi connectivity index (χ0n) is 29.5. The van der Waals surface area contributed by atoms with Crippen LogP contribution < -0.4 is 36.1 Å². The number of benzene rings is 3. The Hall–Kier alpha value is -5.90. The molecule has 3 heterocycles. The summed E-state index contributed by atoms with van der Waals surface area (Å²) < 4.78 is 51.9. The summed E-state index contributed by atoms with van der Waals surface area (Å²) in [5, 5.41) is 14.6. The standard InChI is InChI=1S/C38H41F3N8O5/c1-53-32-21-27(11-12-30(32)46-37-44-22-29(38(39,40)41)36(48-37)54-28-5-3-2-4-6-28)42-17-18-43-34(51)23-49-19-15-25(16-20-49)24-7-9-26(10-8-24)45-31-13-14-33(50)47-35(31)52/h2-12,21-22,25,31,42,45H,13-20,23H2,1H3,(H,43,51)(H,44,46,48)(H,47,50,52). The summed E-state index contributed by atoms with van der Waals surface area (Å²) in [6.07, 6.45) is -1.41. The Kier molecular flexibility index (Phi) is 12.1. The molecule has 0 saturated carbocycles. The Morgan fingerprint density at radius 1 is 0.963 bits per heavy atom. The van der Waals surface area contributed by atoms with Gasteiger partial charge in [-0.05, 0) is 80.2 Å². The predicted molar refractivity (Wildman–Crippen MR) is 196 cm³/mol. The van der Waals surface area contributed by atoms with Crippen LogP contribution in [0.15, 0.2) is 79.0 Å². The number of carbonyl (C=O) groups excluding carboxylic acids is 3. The van der Waals surface area contributed by atoms with E-state index in [-0.39, 0.29) is 29.4 Å². The van der Waals surface area contributed by atoms with Crippen molar-refractivity contribution >= 4 is 40.7 Å². The van der Waals surface area contributed by atoms with E-state index >= 15 is 0 Å². The van der Waals surface area contributed by atoms with Gasteiger partial charge in [-0.15, -0.1) is 0 Å². The summed E-state index contributed by atoms with van der Waals surface area (Å²) in [5.41, 5.74) is 2.07. The van der Waals surface area contributed by atoms with Crippen LogP contribution in [0.2, 0.25) is 0 Å². The van der Waals surface area contributed by atoms with Gasteiger partial charge in [-0.25, -0.2) is 4.98 Å². The van der Waals surface area contributed by atoms with E-state index < -0.39 is 23.7 Å². The fraction of sp³-hybridized carbons (Fsp3) is 0.342. The molecule has 16 heteroatoms. The van der Waals surface area contributed by atoms with Gasteiger partial charge in [-0.1, -0.05) is 30.3 Å². The molecule has 54 heavy (non-hydrogen) atoms. The molecule has 1 atom stereocenters. The normalized spacial score (nSPS) is 16.6. The number of ether oxygens (including phenoxy) is 2. The molecule has 4 aromatic rings. The molecule has 6 rings (SSSR count). The number of aromatic nitrogens is 2. The smallest absolute Gasteiger partial charge is 0.423 e. The summed E-state index contributed by atoms with van der Waals surface area (Å²) >= 11 is 0. The van der Waals surface area contributed by atoms with E-state index in [1.54, 1.807) is 36.4 Å². The molecule has 0 radical (unpaired) electrons. The zero-order valence-corrected chi connectivity index (χ0v) is 29.5. The second-order valence-corrected chi connectivity index (χ2v) is 13.0. The van der Waals surface area contributed by atoms with Crippen molar-refractivity contribution in [2.45, 2.75) is 43.8 Å². The Labute approximate surface area is 310 Å². The van der Waals surface area contributed by atoms with Crippen molar-refractivity contribution in [3.63, 3.8) is 0 Å². The average Bonchev–Trinajstić information content (AvgIpc) is 3.16. The van der Waals surface area contributed by atoms with E-state index in [4.69, 9.17) is 9.47 Å². The minimum Gasteiger partial charge on any atom is -0.494 e. The molecule has 5 N–H and O–H groups in total. The highest BCUT2D eigenvalue weighted by molar-refractivity contribution is 6.01. The molecule has 0 bridgehead atoms. The zero-order chi connectivity index (χ0) is 38.1. The molecule has 2 aliphatic rings. The number of rotatable bonds is 14. The van der Waals surface area contributed by atoms with E-state index in [9.17, 15) is 27.6 Å². The third-order valence-corrected chi connectivity index (χ3v) is 9.16.